The van der Waals surface area contributed by atoms with Crippen molar-refractivity contribution in [3.63, 3.8) is 0 Å². The van der Waals surface area contributed by atoms with E-state index >= 15 is 0 Å². The van der Waals surface area contributed by atoms with Gasteiger partial charge < -0.3 is 14.8 Å². The van der Waals surface area contributed by atoms with Crippen molar-refractivity contribution in [2.45, 2.75) is 33.2 Å². The van der Waals surface area contributed by atoms with Gasteiger partial charge in [-0.1, -0.05) is 6.07 Å². The Hall–Kier alpha value is -1.52. The van der Waals surface area contributed by atoms with Gasteiger partial charge in [-0.3, -0.25) is 0 Å². The molecule has 0 radical (unpaired) electrons. The van der Waals surface area contributed by atoms with E-state index < -0.39 is 0 Å². The van der Waals surface area contributed by atoms with Crippen LogP contribution in [-0.2, 0) is 6.42 Å². The summed E-state index contributed by atoms with van der Waals surface area (Å²) in [5.74, 6) is 1.56. The topological polar surface area (TPSA) is 30.5 Å². The number of aryl methyl sites for hydroxylation is 2. The van der Waals surface area contributed by atoms with Crippen molar-refractivity contribution in [3.05, 3.63) is 45.1 Å². The van der Waals surface area contributed by atoms with Gasteiger partial charge in [0.25, 0.3) is 0 Å². The smallest absolute Gasteiger partial charge is 0.160 e. The third-order valence-electron chi connectivity index (χ3n) is 3.86. The first-order chi connectivity index (χ1) is 10.5. The van der Waals surface area contributed by atoms with Crippen LogP contribution in [0.3, 0.4) is 0 Å². The molecule has 3 nitrogen and oxygen atoms in total. The predicted molar refractivity (Wildman–Crippen MR) is 93.5 cm³/mol. The highest BCUT2D eigenvalue weighted by Crippen LogP contribution is 2.28. The molecule has 1 aromatic heterocycles. The Kier molecular flexibility index (Phi) is 5.86. The minimum Gasteiger partial charge on any atom is -0.493 e. The Morgan fingerprint density at radius 1 is 1.09 bits per heavy atom. The average molecular weight is 319 g/mol. The second kappa shape index (κ2) is 7.65. The second-order valence-corrected chi connectivity index (χ2v) is 6.94. The first-order valence-corrected chi connectivity index (χ1v) is 8.38. The molecule has 2 rings (SSSR count). The third-order valence-corrected chi connectivity index (χ3v) is 4.84. The molecule has 0 bridgehead atoms. The number of rotatable bonds is 7. The first kappa shape index (κ1) is 16.8. The molecule has 1 atom stereocenters. The zero-order chi connectivity index (χ0) is 16.1. The largest absolute Gasteiger partial charge is 0.493 e. The van der Waals surface area contributed by atoms with Crippen molar-refractivity contribution in [1.29, 1.82) is 0 Å². The van der Waals surface area contributed by atoms with Crippen LogP contribution in [0.25, 0.3) is 0 Å². The molecule has 0 fully saturated rings. The average Bonchev–Trinajstić information content (AvgIpc) is 2.85. The number of hydrogen-bond acceptors (Lipinski definition) is 4. The quantitative estimate of drug-likeness (QED) is 0.826. The minimum absolute atomic E-state index is 0.380. The molecule has 0 spiro atoms. The van der Waals surface area contributed by atoms with Crippen LogP contribution in [0.4, 0.5) is 0 Å². The molecular weight excluding hydrogens is 294 g/mol. The van der Waals surface area contributed by atoms with Crippen molar-refractivity contribution in [2.75, 3.05) is 20.8 Å². The zero-order valence-electron chi connectivity index (χ0n) is 14.0. The Morgan fingerprint density at radius 3 is 2.41 bits per heavy atom. The van der Waals surface area contributed by atoms with Gasteiger partial charge in [-0.25, -0.2) is 0 Å². The summed E-state index contributed by atoms with van der Waals surface area (Å²) < 4.78 is 10.6. The van der Waals surface area contributed by atoms with E-state index in [0.29, 0.717) is 6.04 Å². The predicted octanol–water partition coefficient (Wildman–Crippen LogP) is 4.28. The van der Waals surface area contributed by atoms with Gasteiger partial charge in [0.15, 0.2) is 11.5 Å². The first-order valence-electron chi connectivity index (χ1n) is 7.56. The lowest BCUT2D eigenvalue weighted by Gasteiger charge is -2.14. The van der Waals surface area contributed by atoms with E-state index in [1.165, 1.54) is 20.9 Å². The van der Waals surface area contributed by atoms with Gasteiger partial charge in [0, 0.05) is 15.8 Å². The SMILES string of the molecule is COc1ccc(CCNC(C)c2cc(C)sc2C)cc1OC. The van der Waals surface area contributed by atoms with Crippen molar-refractivity contribution in [2.24, 2.45) is 0 Å². The lowest BCUT2D eigenvalue weighted by atomic mass is 10.1. The van der Waals surface area contributed by atoms with Crippen LogP contribution in [0.15, 0.2) is 24.3 Å². The Balaban J connectivity index is 1.92. The number of benzene rings is 1. The van der Waals surface area contributed by atoms with Crippen LogP contribution in [0.2, 0.25) is 0 Å². The lowest BCUT2D eigenvalue weighted by molar-refractivity contribution is 0.354. The molecule has 0 aliphatic carbocycles. The molecule has 1 N–H and O–H groups in total. The van der Waals surface area contributed by atoms with Crippen molar-refractivity contribution in [1.82, 2.24) is 5.32 Å². The fraction of sp³-hybridized carbons (Fsp3) is 0.444. The molecule has 1 unspecified atom stereocenters. The summed E-state index contributed by atoms with van der Waals surface area (Å²) in [7, 11) is 3.33. The summed E-state index contributed by atoms with van der Waals surface area (Å²) >= 11 is 1.87. The Morgan fingerprint density at radius 2 is 1.82 bits per heavy atom. The van der Waals surface area contributed by atoms with Crippen molar-refractivity contribution in [3.8, 4) is 11.5 Å². The van der Waals surface area contributed by atoms with Gasteiger partial charge in [0.05, 0.1) is 14.2 Å². The van der Waals surface area contributed by atoms with Crippen LogP contribution in [0, 0.1) is 13.8 Å². The monoisotopic (exact) mass is 319 g/mol. The Labute approximate surface area is 137 Å². The maximum atomic E-state index is 5.35. The molecule has 120 valence electrons. The molecule has 0 saturated heterocycles. The molecule has 0 saturated carbocycles. The number of ether oxygens (including phenoxy) is 2. The summed E-state index contributed by atoms with van der Waals surface area (Å²) in [6.07, 6.45) is 0.965. The van der Waals surface area contributed by atoms with Gasteiger partial charge in [-0.15, -0.1) is 11.3 Å². The van der Waals surface area contributed by atoms with Gasteiger partial charge in [0.1, 0.15) is 0 Å². The standard InChI is InChI=1S/C18H25NO2S/c1-12-10-16(14(3)22-12)13(2)19-9-8-15-6-7-17(20-4)18(11-15)21-5/h6-7,10-11,13,19H,8-9H2,1-5H3. The van der Waals surface area contributed by atoms with E-state index in [1.54, 1.807) is 14.2 Å². The fourth-order valence-corrected chi connectivity index (χ4v) is 3.68. The number of nitrogens with one attached hydrogen (secondary N) is 1. The fourth-order valence-electron chi connectivity index (χ4n) is 2.66. The molecule has 1 aromatic carbocycles. The molecular formula is C18H25NO2S. The molecule has 4 heteroatoms. The van der Waals surface area contributed by atoms with Crippen LogP contribution >= 0.6 is 11.3 Å². The Bertz CT molecular complexity index is 622. The summed E-state index contributed by atoms with van der Waals surface area (Å²) in [5, 5.41) is 3.60. The third kappa shape index (κ3) is 4.02. The van der Waals surface area contributed by atoms with Crippen molar-refractivity contribution >= 4 is 11.3 Å². The van der Waals surface area contributed by atoms with E-state index in [9.17, 15) is 0 Å². The number of hydrogen-bond donors (Lipinski definition) is 1. The molecule has 0 amide bonds. The van der Waals surface area contributed by atoms with Crippen LogP contribution < -0.4 is 14.8 Å². The summed E-state index contributed by atoms with van der Waals surface area (Å²) in [6, 6.07) is 8.77. The normalized spacial score (nSPS) is 12.2. The molecule has 2 aromatic rings. The number of methoxy groups -OCH3 is 2. The van der Waals surface area contributed by atoms with Crippen molar-refractivity contribution < 1.29 is 9.47 Å². The van der Waals surface area contributed by atoms with E-state index in [-0.39, 0.29) is 0 Å². The maximum Gasteiger partial charge on any atom is 0.160 e. The van der Waals surface area contributed by atoms with Crippen LogP contribution in [0.5, 0.6) is 11.5 Å². The van der Waals surface area contributed by atoms with Crippen LogP contribution in [-0.4, -0.2) is 20.8 Å². The highest BCUT2D eigenvalue weighted by molar-refractivity contribution is 7.12. The molecule has 0 aliphatic rings. The van der Waals surface area contributed by atoms with E-state index in [0.717, 1.165) is 24.5 Å². The summed E-state index contributed by atoms with van der Waals surface area (Å²) in [4.78, 5) is 2.78. The van der Waals surface area contributed by atoms with E-state index in [1.807, 2.05) is 23.5 Å². The van der Waals surface area contributed by atoms with Crippen LogP contribution in [0.1, 0.15) is 33.8 Å². The van der Waals surface area contributed by atoms with Gasteiger partial charge >= 0.3 is 0 Å². The highest BCUT2D eigenvalue weighted by atomic mass is 32.1. The molecule has 1 heterocycles. The zero-order valence-corrected chi connectivity index (χ0v) is 14.8. The number of thiophene rings is 1. The lowest BCUT2D eigenvalue weighted by Crippen LogP contribution is -2.21. The minimum atomic E-state index is 0.380. The second-order valence-electron chi connectivity index (χ2n) is 5.48. The van der Waals surface area contributed by atoms with Gasteiger partial charge in [-0.2, -0.15) is 0 Å². The van der Waals surface area contributed by atoms with Gasteiger partial charge in [-0.05, 0) is 63.1 Å². The van der Waals surface area contributed by atoms with E-state index in [2.05, 4.69) is 38.2 Å². The summed E-state index contributed by atoms with van der Waals surface area (Å²) in [6.45, 7) is 7.52. The molecule has 22 heavy (non-hydrogen) atoms. The summed E-state index contributed by atoms with van der Waals surface area (Å²) in [5.41, 5.74) is 2.66. The highest BCUT2D eigenvalue weighted by Gasteiger charge is 2.11. The maximum absolute atomic E-state index is 5.35. The van der Waals surface area contributed by atoms with E-state index in [4.69, 9.17) is 9.47 Å². The molecule has 0 aliphatic heterocycles. The van der Waals surface area contributed by atoms with Gasteiger partial charge in [0.2, 0.25) is 0 Å².